The van der Waals surface area contributed by atoms with Gasteiger partial charge in [0.2, 0.25) is 0 Å². The SMILES string of the molecule is Cc1ccccc1[C@@H]1c2cccn2-c2ccccc2CN1C(=O)NC1CCCC1. The van der Waals surface area contributed by atoms with Gasteiger partial charge in [-0.3, -0.25) is 0 Å². The summed E-state index contributed by atoms with van der Waals surface area (Å²) in [5, 5.41) is 3.33. The molecule has 0 radical (unpaired) electrons. The first-order valence-electron chi connectivity index (χ1n) is 10.6. The minimum atomic E-state index is -0.125. The number of hydrogen-bond donors (Lipinski definition) is 1. The molecule has 29 heavy (non-hydrogen) atoms. The summed E-state index contributed by atoms with van der Waals surface area (Å²) in [6.07, 6.45) is 6.69. The van der Waals surface area contributed by atoms with Gasteiger partial charge in [0, 0.05) is 17.9 Å². The third kappa shape index (κ3) is 3.23. The first-order valence-corrected chi connectivity index (χ1v) is 10.6. The van der Waals surface area contributed by atoms with Crippen LogP contribution in [-0.2, 0) is 6.54 Å². The second-order valence-electron chi connectivity index (χ2n) is 8.25. The van der Waals surface area contributed by atoms with Crippen molar-refractivity contribution in [1.29, 1.82) is 0 Å². The summed E-state index contributed by atoms with van der Waals surface area (Å²) in [4.78, 5) is 15.6. The van der Waals surface area contributed by atoms with E-state index in [1.165, 1.54) is 29.5 Å². The monoisotopic (exact) mass is 385 g/mol. The third-order valence-corrected chi connectivity index (χ3v) is 6.39. The fraction of sp³-hybridized carbons (Fsp3) is 0.320. The number of amides is 2. The number of urea groups is 1. The highest BCUT2D eigenvalue weighted by molar-refractivity contribution is 5.76. The van der Waals surface area contributed by atoms with E-state index in [-0.39, 0.29) is 12.1 Å². The van der Waals surface area contributed by atoms with Crippen molar-refractivity contribution in [2.75, 3.05) is 0 Å². The summed E-state index contributed by atoms with van der Waals surface area (Å²) in [7, 11) is 0. The minimum absolute atomic E-state index is 0.0367. The fourth-order valence-corrected chi connectivity index (χ4v) is 4.89. The molecule has 1 saturated carbocycles. The first-order chi connectivity index (χ1) is 14.2. The van der Waals surface area contributed by atoms with Gasteiger partial charge in [0.1, 0.15) is 6.04 Å². The van der Waals surface area contributed by atoms with E-state index in [2.05, 4.69) is 83.7 Å². The molecule has 1 atom stereocenters. The Hall–Kier alpha value is -3.01. The van der Waals surface area contributed by atoms with Crippen molar-refractivity contribution in [2.45, 2.75) is 51.2 Å². The molecular formula is C25H27N3O. The molecule has 3 aromatic rings. The molecule has 1 aliphatic carbocycles. The van der Waals surface area contributed by atoms with Crippen LogP contribution < -0.4 is 5.32 Å². The van der Waals surface area contributed by atoms with Gasteiger partial charge >= 0.3 is 6.03 Å². The maximum absolute atomic E-state index is 13.5. The summed E-state index contributed by atoms with van der Waals surface area (Å²) in [5.41, 5.74) is 5.84. The van der Waals surface area contributed by atoms with E-state index in [1.807, 2.05) is 4.90 Å². The largest absolute Gasteiger partial charge is 0.335 e. The van der Waals surface area contributed by atoms with Gasteiger partial charge in [-0.15, -0.1) is 0 Å². The second-order valence-corrected chi connectivity index (χ2v) is 8.25. The van der Waals surface area contributed by atoms with Crippen molar-refractivity contribution < 1.29 is 4.79 Å². The van der Waals surface area contributed by atoms with Crippen molar-refractivity contribution in [2.24, 2.45) is 0 Å². The summed E-state index contributed by atoms with van der Waals surface area (Å²) >= 11 is 0. The lowest BCUT2D eigenvalue weighted by atomic mass is 9.97. The average Bonchev–Trinajstić information content (AvgIpc) is 3.39. The van der Waals surface area contributed by atoms with Gasteiger partial charge in [-0.25, -0.2) is 4.79 Å². The van der Waals surface area contributed by atoms with Crippen LogP contribution in [0.2, 0.25) is 0 Å². The van der Waals surface area contributed by atoms with Gasteiger partial charge in [-0.2, -0.15) is 0 Å². The average molecular weight is 386 g/mol. The Bertz CT molecular complexity index is 1030. The van der Waals surface area contributed by atoms with Crippen LogP contribution in [0.15, 0.2) is 66.9 Å². The maximum atomic E-state index is 13.5. The van der Waals surface area contributed by atoms with Gasteiger partial charge in [0.15, 0.2) is 0 Å². The molecule has 2 aromatic carbocycles. The smallest absolute Gasteiger partial charge is 0.318 e. The second kappa shape index (κ2) is 7.43. The van der Waals surface area contributed by atoms with Crippen LogP contribution in [0.3, 0.4) is 0 Å². The molecule has 0 spiro atoms. The van der Waals surface area contributed by atoms with Crippen LogP contribution in [0.4, 0.5) is 4.79 Å². The number of para-hydroxylation sites is 1. The number of fused-ring (bicyclic) bond motifs is 3. The van der Waals surface area contributed by atoms with Crippen molar-refractivity contribution in [1.82, 2.24) is 14.8 Å². The Labute approximate surface area is 172 Å². The van der Waals surface area contributed by atoms with Crippen LogP contribution in [0.25, 0.3) is 5.69 Å². The van der Waals surface area contributed by atoms with Crippen LogP contribution >= 0.6 is 0 Å². The highest BCUT2D eigenvalue weighted by Crippen LogP contribution is 2.37. The van der Waals surface area contributed by atoms with Crippen LogP contribution in [0.1, 0.15) is 54.1 Å². The highest BCUT2D eigenvalue weighted by atomic mass is 16.2. The molecule has 1 aliphatic heterocycles. The zero-order valence-electron chi connectivity index (χ0n) is 16.8. The molecule has 0 bridgehead atoms. The highest BCUT2D eigenvalue weighted by Gasteiger charge is 2.34. The van der Waals surface area contributed by atoms with Crippen molar-refractivity contribution in [3.8, 4) is 5.69 Å². The lowest BCUT2D eigenvalue weighted by Crippen LogP contribution is -2.45. The van der Waals surface area contributed by atoms with E-state index in [4.69, 9.17) is 0 Å². The number of hydrogen-bond acceptors (Lipinski definition) is 1. The number of carbonyl (C=O) groups excluding carboxylic acids is 1. The van der Waals surface area contributed by atoms with Crippen LogP contribution in [0.5, 0.6) is 0 Å². The summed E-state index contributed by atoms with van der Waals surface area (Å²) < 4.78 is 2.25. The fourth-order valence-electron chi connectivity index (χ4n) is 4.89. The topological polar surface area (TPSA) is 37.3 Å². The normalized spacial score (nSPS) is 18.8. The molecule has 5 rings (SSSR count). The van der Waals surface area contributed by atoms with Gasteiger partial charge in [-0.1, -0.05) is 55.3 Å². The number of benzene rings is 2. The summed E-state index contributed by atoms with van der Waals surface area (Å²) in [5.74, 6) is 0. The predicted octanol–water partition coefficient (Wildman–Crippen LogP) is 5.34. The van der Waals surface area contributed by atoms with E-state index in [9.17, 15) is 4.79 Å². The van der Waals surface area contributed by atoms with Crippen LogP contribution in [0, 0.1) is 6.92 Å². The van der Waals surface area contributed by atoms with Crippen molar-refractivity contribution >= 4 is 6.03 Å². The van der Waals surface area contributed by atoms with Crippen molar-refractivity contribution in [3.05, 3.63) is 89.2 Å². The lowest BCUT2D eigenvalue weighted by Gasteiger charge is -2.32. The molecule has 2 heterocycles. The van der Waals surface area contributed by atoms with Gasteiger partial charge in [0.25, 0.3) is 0 Å². The molecular weight excluding hydrogens is 358 g/mol. The van der Waals surface area contributed by atoms with E-state index in [0.29, 0.717) is 12.6 Å². The Morgan fingerprint density at radius 1 is 0.966 bits per heavy atom. The predicted molar refractivity (Wildman–Crippen MR) is 115 cm³/mol. The van der Waals surface area contributed by atoms with E-state index in [1.54, 1.807) is 0 Å². The minimum Gasteiger partial charge on any atom is -0.335 e. The van der Waals surface area contributed by atoms with Gasteiger partial charge in [-0.05, 0) is 54.7 Å². The molecule has 0 unspecified atom stereocenters. The zero-order chi connectivity index (χ0) is 19.8. The number of nitrogens with one attached hydrogen (secondary N) is 1. The van der Waals surface area contributed by atoms with Crippen LogP contribution in [-0.4, -0.2) is 21.5 Å². The molecule has 2 aliphatic rings. The molecule has 4 heteroatoms. The maximum Gasteiger partial charge on any atom is 0.318 e. The number of nitrogens with zero attached hydrogens (tertiary/aromatic N) is 2. The molecule has 1 aromatic heterocycles. The number of aromatic nitrogens is 1. The molecule has 1 N–H and O–H groups in total. The quantitative estimate of drug-likeness (QED) is 0.635. The van der Waals surface area contributed by atoms with E-state index in [0.717, 1.165) is 24.2 Å². The zero-order valence-corrected chi connectivity index (χ0v) is 16.8. The molecule has 148 valence electrons. The molecule has 4 nitrogen and oxygen atoms in total. The first kappa shape index (κ1) is 18.0. The Kier molecular flexibility index (Phi) is 4.62. The van der Waals surface area contributed by atoms with Gasteiger partial charge < -0.3 is 14.8 Å². The lowest BCUT2D eigenvalue weighted by molar-refractivity contribution is 0.176. The Morgan fingerprint density at radius 2 is 1.72 bits per heavy atom. The molecule has 2 amide bonds. The summed E-state index contributed by atoms with van der Waals surface area (Å²) in [6, 6.07) is 21.3. The summed E-state index contributed by atoms with van der Waals surface area (Å²) in [6.45, 7) is 2.73. The molecule has 1 fully saturated rings. The third-order valence-electron chi connectivity index (χ3n) is 6.39. The van der Waals surface area contributed by atoms with Gasteiger partial charge in [0.05, 0.1) is 12.2 Å². The Balaban J connectivity index is 1.64. The number of aryl methyl sites for hydroxylation is 1. The molecule has 0 saturated heterocycles. The standard InChI is InChI=1S/C25H27N3O/c1-18-9-2-6-13-21(18)24-23-15-8-16-27(23)22-14-7-3-10-19(22)17-28(24)25(29)26-20-11-4-5-12-20/h2-3,6-10,13-16,20,24H,4-5,11-12,17H2,1H3,(H,26,29)/t24-/m1/s1. The van der Waals surface area contributed by atoms with E-state index < -0.39 is 0 Å². The Morgan fingerprint density at radius 3 is 2.55 bits per heavy atom. The van der Waals surface area contributed by atoms with Crippen molar-refractivity contribution in [3.63, 3.8) is 0 Å². The number of rotatable bonds is 2. The van der Waals surface area contributed by atoms with E-state index >= 15 is 0 Å². The number of carbonyl (C=O) groups is 1.